The molecule has 16 heavy (non-hydrogen) atoms. The zero-order valence-electron chi connectivity index (χ0n) is 8.74. The summed E-state index contributed by atoms with van der Waals surface area (Å²) >= 11 is 0. The SMILES string of the molecule is CCOc1nc(N=S(=O)=O)nc(OCC)n1. The largest absolute Gasteiger partial charge is 0.464 e. The van der Waals surface area contributed by atoms with Gasteiger partial charge < -0.3 is 9.47 Å². The predicted molar refractivity (Wildman–Crippen MR) is 53.2 cm³/mol. The fourth-order valence-corrected chi connectivity index (χ4v) is 1.04. The second-order valence-electron chi connectivity index (χ2n) is 2.37. The Balaban J connectivity index is 3.12. The lowest BCUT2D eigenvalue weighted by Crippen LogP contribution is -2.03. The molecule has 0 bridgehead atoms. The highest BCUT2D eigenvalue weighted by Gasteiger charge is 2.07. The van der Waals surface area contributed by atoms with Crippen molar-refractivity contribution in [3.63, 3.8) is 0 Å². The maximum absolute atomic E-state index is 10.4. The van der Waals surface area contributed by atoms with Gasteiger partial charge in [0.05, 0.1) is 13.2 Å². The van der Waals surface area contributed by atoms with Gasteiger partial charge >= 0.3 is 22.5 Å². The van der Waals surface area contributed by atoms with E-state index >= 15 is 0 Å². The van der Waals surface area contributed by atoms with Crippen LogP contribution in [0.3, 0.4) is 0 Å². The molecular formula is C7H10N4O4S. The third kappa shape index (κ3) is 3.77. The first kappa shape index (κ1) is 12.3. The number of nitrogens with zero attached hydrogens (tertiary/aromatic N) is 4. The Labute approximate surface area is 93.4 Å². The quantitative estimate of drug-likeness (QED) is 0.738. The third-order valence-corrected chi connectivity index (χ3v) is 1.60. The van der Waals surface area contributed by atoms with Crippen molar-refractivity contribution in [1.82, 2.24) is 15.0 Å². The van der Waals surface area contributed by atoms with Crippen LogP contribution < -0.4 is 9.47 Å². The normalized spacial score (nSPS) is 9.62. The van der Waals surface area contributed by atoms with Crippen LogP contribution >= 0.6 is 0 Å². The molecule has 0 saturated carbocycles. The molecule has 0 aromatic carbocycles. The highest BCUT2D eigenvalue weighted by atomic mass is 32.2. The van der Waals surface area contributed by atoms with Crippen LogP contribution in [-0.4, -0.2) is 36.6 Å². The van der Waals surface area contributed by atoms with Crippen LogP contribution in [0.1, 0.15) is 13.8 Å². The van der Waals surface area contributed by atoms with Gasteiger partial charge in [-0.25, -0.2) is 0 Å². The van der Waals surface area contributed by atoms with Crippen molar-refractivity contribution in [3.05, 3.63) is 0 Å². The number of hydrogen-bond donors (Lipinski definition) is 0. The van der Waals surface area contributed by atoms with Crippen LogP contribution in [0.4, 0.5) is 5.95 Å². The number of rotatable bonds is 5. The summed E-state index contributed by atoms with van der Waals surface area (Å²) in [7, 11) is -2.63. The maximum atomic E-state index is 10.4. The molecule has 9 heteroatoms. The molecule has 0 N–H and O–H groups in total. The van der Waals surface area contributed by atoms with Gasteiger partial charge in [-0.1, -0.05) is 4.36 Å². The molecule has 0 aliphatic heterocycles. The standard InChI is InChI=1S/C7H10N4O4S/c1-3-14-6-8-5(11-16(12)13)9-7(10-6)15-4-2/h3-4H2,1-2H3. The minimum absolute atomic E-state index is 0.0230. The second kappa shape index (κ2) is 5.95. The summed E-state index contributed by atoms with van der Waals surface area (Å²) in [5.74, 6) is -0.268. The second-order valence-corrected chi connectivity index (χ2v) is 2.99. The summed E-state index contributed by atoms with van der Waals surface area (Å²) < 4.78 is 33.9. The van der Waals surface area contributed by atoms with Gasteiger partial charge in [0.25, 0.3) is 5.95 Å². The molecule has 0 saturated heterocycles. The Morgan fingerprint density at radius 3 is 1.94 bits per heavy atom. The number of ether oxygens (including phenoxy) is 2. The summed E-state index contributed by atoms with van der Waals surface area (Å²) in [5.41, 5.74) is 0. The number of aromatic nitrogens is 3. The highest BCUT2D eigenvalue weighted by Crippen LogP contribution is 2.14. The predicted octanol–water partition coefficient (Wildman–Crippen LogP) is 0.363. The molecule has 0 atom stereocenters. The Morgan fingerprint density at radius 2 is 1.56 bits per heavy atom. The first-order valence-corrected chi connectivity index (χ1v) is 5.51. The van der Waals surface area contributed by atoms with Crippen LogP contribution in [0.2, 0.25) is 0 Å². The average molecular weight is 246 g/mol. The molecule has 0 radical (unpaired) electrons. The molecule has 1 aromatic heterocycles. The lowest BCUT2D eigenvalue weighted by molar-refractivity contribution is 0.280. The van der Waals surface area contributed by atoms with Crippen molar-refractivity contribution in [2.45, 2.75) is 13.8 Å². The maximum Gasteiger partial charge on any atom is 0.324 e. The summed E-state index contributed by atoms with van der Waals surface area (Å²) in [6, 6.07) is -0.0460. The molecule has 1 heterocycles. The molecule has 0 unspecified atom stereocenters. The van der Waals surface area contributed by atoms with E-state index in [0.717, 1.165) is 0 Å². The molecule has 0 aliphatic rings. The van der Waals surface area contributed by atoms with Crippen LogP contribution in [0, 0.1) is 0 Å². The fraction of sp³-hybridized carbons (Fsp3) is 0.571. The van der Waals surface area contributed by atoms with Gasteiger partial charge in [-0.3, -0.25) is 0 Å². The lowest BCUT2D eigenvalue weighted by atomic mass is 10.8. The third-order valence-electron chi connectivity index (χ3n) is 1.29. The van der Waals surface area contributed by atoms with E-state index in [1.807, 2.05) is 0 Å². The Hall–Kier alpha value is -1.77. The van der Waals surface area contributed by atoms with E-state index in [2.05, 4.69) is 19.3 Å². The van der Waals surface area contributed by atoms with Crippen LogP contribution in [-0.2, 0) is 10.5 Å². The molecule has 0 amide bonds. The molecule has 1 rings (SSSR count). The van der Waals surface area contributed by atoms with Crippen molar-refractivity contribution in [3.8, 4) is 12.0 Å². The van der Waals surface area contributed by atoms with Gasteiger partial charge in [0.1, 0.15) is 0 Å². The zero-order chi connectivity index (χ0) is 12.0. The van der Waals surface area contributed by atoms with E-state index < -0.39 is 10.5 Å². The van der Waals surface area contributed by atoms with E-state index in [-0.39, 0.29) is 18.0 Å². The minimum atomic E-state index is -2.63. The first-order valence-electron chi connectivity index (χ1n) is 4.48. The van der Waals surface area contributed by atoms with Crippen LogP contribution in [0.5, 0.6) is 12.0 Å². The van der Waals surface area contributed by atoms with Crippen molar-refractivity contribution < 1.29 is 17.9 Å². The number of hydrogen-bond acceptors (Lipinski definition) is 8. The van der Waals surface area contributed by atoms with Gasteiger partial charge in [-0.2, -0.15) is 18.4 Å². The summed E-state index contributed by atoms with van der Waals surface area (Å²) in [6.45, 7) is 4.17. The fourth-order valence-electron chi connectivity index (χ4n) is 0.823. The van der Waals surface area contributed by atoms with Crippen molar-refractivity contribution in [1.29, 1.82) is 0 Å². The topological polar surface area (TPSA) is 104 Å². The van der Waals surface area contributed by atoms with Gasteiger partial charge in [-0.05, 0) is 13.8 Å². The Bertz CT molecular complexity index is 455. The van der Waals surface area contributed by atoms with Crippen molar-refractivity contribution in [2.24, 2.45) is 4.36 Å². The van der Waals surface area contributed by atoms with E-state index in [4.69, 9.17) is 9.47 Å². The van der Waals surface area contributed by atoms with Gasteiger partial charge in [0.2, 0.25) is 0 Å². The zero-order valence-corrected chi connectivity index (χ0v) is 9.56. The lowest BCUT2D eigenvalue weighted by Gasteiger charge is -2.03. The van der Waals surface area contributed by atoms with Gasteiger partial charge in [-0.15, -0.1) is 4.98 Å². The molecule has 0 aliphatic carbocycles. The summed E-state index contributed by atoms with van der Waals surface area (Å²) in [4.78, 5) is 11.1. The smallest absolute Gasteiger partial charge is 0.324 e. The van der Waals surface area contributed by atoms with E-state index in [9.17, 15) is 8.42 Å². The monoisotopic (exact) mass is 246 g/mol. The molecule has 88 valence electrons. The molecule has 1 aromatic rings. The Kier molecular flexibility index (Phi) is 4.58. The molecule has 0 fully saturated rings. The summed E-state index contributed by atoms with van der Waals surface area (Å²) in [5, 5.41) is 0. The average Bonchev–Trinajstić information content (AvgIpc) is 2.17. The minimum Gasteiger partial charge on any atom is -0.464 e. The molecular weight excluding hydrogens is 236 g/mol. The van der Waals surface area contributed by atoms with E-state index in [1.54, 1.807) is 13.8 Å². The van der Waals surface area contributed by atoms with Gasteiger partial charge in [0, 0.05) is 0 Å². The highest BCUT2D eigenvalue weighted by molar-refractivity contribution is 7.61. The van der Waals surface area contributed by atoms with Gasteiger partial charge in [0.15, 0.2) is 0 Å². The van der Waals surface area contributed by atoms with Crippen molar-refractivity contribution in [2.75, 3.05) is 13.2 Å². The van der Waals surface area contributed by atoms with Crippen molar-refractivity contribution >= 4 is 16.4 Å². The summed E-state index contributed by atoms with van der Waals surface area (Å²) in [6.07, 6.45) is 0. The molecule has 8 nitrogen and oxygen atoms in total. The van der Waals surface area contributed by atoms with Crippen LogP contribution in [0.25, 0.3) is 0 Å². The first-order chi connectivity index (χ1) is 7.65. The molecule has 0 spiro atoms. The Morgan fingerprint density at radius 1 is 1.06 bits per heavy atom. The van der Waals surface area contributed by atoms with E-state index in [1.165, 1.54) is 0 Å². The van der Waals surface area contributed by atoms with E-state index in [0.29, 0.717) is 13.2 Å². The van der Waals surface area contributed by atoms with Crippen LogP contribution in [0.15, 0.2) is 4.36 Å².